The first-order valence-corrected chi connectivity index (χ1v) is 4.74. The van der Waals surface area contributed by atoms with Crippen LogP contribution in [0.2, 0.25) is 5.02 Å². The van der Waals surface area contributed by atoms with Gasteiger partial charge in [-0.1, -0.05) is 24.3 Å². The Morgan fingerprint density at radius 2 is 2.20 bits per heavy atom. The summed E-state index contributed by atoms with van der Waals surface area (Å²) in [5, 5.41) is 1.40. The zero-order valence-corrected chi connectivity index (χ0v) is 8.64. The molecule has 76 valence electrons. The average molecular weight is 221 g/mol. The zero-order valence-electron chi connectivity index (χ0n) is 7.88. The normalized spacial score (nSPS) is 10.5. The van der Waals surface area contributed by atoms with E-state index in [1.54, 1.807) is 24.3 Å². The van der Waals surface area contributed by atoms with E-state index in [1.807, 2.05) is 0 Å². The van der Waals surface area contributed by atoms with Crippen molar-refractivity contribution in [2.24, 2.45) is 0 Å². The minimum absolute atomic E-state index is 0.166. The maximum atomic E-state index is 11.4. The molecule has 0 fully saturated rings. The molecule has 1 heterocycles. The molecule has 1 aromatic heterocycles. The SMILES string of the molecule is C=Cc1c(N)c(=O)[nH]c2ccc(Cl)cc12. The van der Waals surface area contributed by atoms with E-state index in [9.17, 15) is 4.79 Å². The Kier molecular flexibility index (Phi) is 2.25. The van der Waals surface area contributed by atoms with Crippen LogP contribution in [-0.4, -0.2) is 4.98 Å². The Balaban J connectivity index is 3.02. The minimum atomic E-state index is -0.306. The van der Waals surface area contributed by atoms with Gasteiger partial charge in [-0.05, 0) is 18.2 Å². The zero-order chi connectivity index (χ0) is 11.0. The highest BCUT2D eigenvalue weighted by Gasteiger charge is 2.06. The Labute approximate surface area is 91.2 Å². The van der Waals surface area contributed by atoms with E-state index in [2.05, 4.69) is 11.6 Å². The van der Waals surface area contributed by atoms with Crippen LogP contribution in [0.3, 0.4) is 0 Å². The predicted molar refractivity (Wildman–Crippen MR) is 64.1 cm³/mol. The van der Waals surface area contributed by atoms with Gasteiger partial charge in [0.15, 0.2) is 0 Å². The van der Waals surface area contributed by atoms with Gasteiger partial charge in [-0.2, -0.15) is 0 Å². The second kappa shape index (κ2) is 3.44. The third-order valence-electron chi connectivity index (χ3n) is 2.26. The fraction of sp³-hybridized carbons (Fsp3) is 0. The van der Waals surface area contributed by atoms with E-state index in [-0.39, 0.29) is 11.2 Å². The number of aromatic amines is 1. The number of nitrogens with one attached hydrogen (secondary N) is 1. The lowest BCUT2D eigenvalue weighted by atomic mass is 10.1. The number of H-pyrrole nitrogens is 1. The van der Waals surface area contributed by atoms with Gasteiger partial charge in [0, 0.05) is 21.5 Å². The van der Waals surface area contributed by atoms with Gasteiger partial charge < -0.3 is 10.7 Å². The Morgan fingerprint density at radius 1 is 1.47 bits per heavy atom. The number of halogens is 1. The lowest BCUT2D eigenvalue weighted by Crippen LogP contribution is -2.13. The van der Waals surface area contributed by atoms with E-state index in [1.165, 1.54) is 0 Å². The van der Waals surface area contributed by atoms with Crippen molar-refractivity contribution in [3.63, 3.8) is 0 Å². The van der Waals surface area contributed by atoms with Gasteiger partial charge in [-0.3, -0.25) is 4.79 Å². The molecule has 0 spiro atoms. The van der Waals surface area contributed by atoms with Crippen molar-refractivity contribution in [2.75, 3.05) is 5.73 Å². The van der Waals surface area contributed by atoms with Gasteiger partial charge in [0.25, 0.3) is 5.56 Å². The summed E-state index contributed by atoms with van der Waals surface area (Å²) >= 11 is 5.87. The fourth-order valence-corrected chi connectivity index (χ4v) is 1.70. The monoisotopic (exact) mass is 220 g/mol. The van der Waals surface area contributed by atoms with Crippen LogP contribution in [0.1, 0.15) is 5.56 Å². The summed E-state index contributed by atoms with van der Waals surface area (Å²) in [5.74, 6) is 0. The molecule has 3 nitrogen and oxygen atoms in total. The number of fused-ring (bicyclic) bond motifs is 1. The molecular formula is C11H9ClN2O. The van der Waals surface area contributed by atoms with Crippen LogP contribution in [0.25, 0.3) is 17.0 Å². The van der Waals surface area contributed by atoms with Crippen molar-refractivity contribution in [3.8, 4) is 0 Å². The van der Waals surface area contributed by atoms with E-state index in [0.717, 1.165) is 5.39 Å². The molecule has 0 saturated heterocycles. The maximum absolute atomic E-state index is 11.4. The molecule has 0 amide bonds. The topological polar surface area (TPSA) is 58.9 Å². The molecule has 15 heavy (non-hydrogen) atoms. The molecule has 0 saturated carbocycles. The summed E-state index contributed by atoms with van der Waals surface area (Å²) in [6, 6.07) is 5.20. The number of hydrogen-bond donors (Lipinski definition) is 2. The second-order valence-corrected chi connectivity index (χ2v) is 3.61. The van der Waals surface area contributed by atoms with Crippen LogP contribution in [0, 0.1) is 0 Å². The summed E-state index contributed by atoms with van der Waals surface area (Å²) in [6.45, 7) is 3.64. The van der Waals surface area contributed by atoms with Crippen LogP contribution in [0.4, 0.5) is 5.69 Å². The number of aromatic nitrogens is 1. The molecule has 3 N–H and O–H groups in total. The molecular weight excluding hydrogens is 212 g/mol. The number of benzene rings is 1. The van der Waals surface area contributed by atoms with E-state index >= 15 is 0 Å². The molecule has 4 heteroatoms. The number of hydrogen-bond acceptors (Lipinski definition) is 2. The Hall–Kier alpha value is -1.74. The molecule has 0 aliphatic rings. The summed E-state index contributed by atoms with van der Waals surface area (Å²) < 4.78 is 0. The highest BCUT2D eigenvalue weighted by atomic mass is 35.5. The van der Waals surface area contributed by atoms with Crippen molar-refractivity contribution in [1.82, 2.24) is 4.98 Å². The van der Waals surface area contributed by atoms with Gasteiger partial charge in [-0.15, -0.1) is 0 Å². The van der Waals surface area contributed by atoms with Crippen LogP contribution in [0.5, 0.6) is 0 Å². The van der Waals surface area contributed by atoms with Gasteiger partial charge in [0.2, 0.25) is 0 Å². The molecule has 0 bridgehead atoms. The van der Waals surface area contributed by atoms with Crippen LogP contribution in [-0.2, 0) is 0 Å². The highest BCUT2D eigenvalue weighted by Crippen LogP contribution is 2.23. The quantitative estimate of drug-likeness (QED) is 0.775. The van der Waals surface area contributed by atoms with Gasteiger partial charge in [0.1, 0.15) is 5.69 Å². The molecule has 0 atom stereocenters. The van der Waals surface area contributed by atoms with Crippen molar-refractivity contribution >= 4 is 34.3 Å². The second-order valence-electron chi connectivity index (χ2n) is 3.18. The summed E-state index contributed by atoms with van der Waals surface area (Å²) in [5.41, 5.74) is 6.84. The van der Waals surface area contributed by atoms with Gasteiger partial charge >= 0.3 is 0 Å². The largest absolute Gasteiger partial charge is 0.394 e. The minimum Gasteiger partial charge on any atom is -0.394 e. The van der Waals surface area contributed by atoms with E-state index < -0.39 is 0 Å². The first kappa shape index (κ1) is 9.80. The third kappa shape index (κ3) is 1.51. The van der Waals surface area contributed by atoms with Crippen molar-refractivity contribution in [3.05, 3.63) is 45.7 Å². The molecule has 0 radical (unpaired) electrons. The first-order valence-electron chi connectivity index (χ1n) is 4.37. The molecule has 0 aliphatic carbocycles. The number of nitrogen functional groups attached to an aromatic ring is 1. The number of pyridine rings is 1. The lowest BCUT2D eigenvalue weighted by molar-refractivity contribution is 1.31. The lowest BCUT2D eigenvalue weighted by Gasteiger charge is -2.05. The molecule has 0 aliphatic heterocycles. The van der Waals surface area contributed by atoms with Crippen molar-refractivity contribution in [2.45, 2.75) is 0 Å². The van der Waals surface area contributed by atoms with Gasteiger partial charge in [0.05, 0.1) is 0 Å². The Morgan fingerprint density at radius 3 is 2.87 bits per heavy atom. The smallest absolute Gasteiger partial charge is 0.272 e. The number of nitrogens with two attached hydrogens (primary N) is 1. The standard InChI is InChI=1S/C11H9ClN2O/c1-2-7-8-5-6(12)3-4-9(8)14-11(15)10(7)13/h2-5H,1,13H2,(H,14,15). The summed E-state index contributed by atoms with van der Waals surface area (Å²) in [6.07, 6.45) is 1.56. The average Bonchev–Trinajstić information content (AvgIpc) is 2.21. The van der Waals surface area contributed by atoms with E-state index in [0.29, 0.717) is 16.1 Å². The molecule has 1 aromatic carbocycles. The van der Waals surface area contributed by atoms with Crippen molar-refractivity contribution in [1.29, 1.82) is 0 Å². The van der Waals surface area contributed by atoms with Gasteiger partial charge in [-0.25, -0.2) is 0 Å². The van der Waals surface area contributed by atoms with Crippen LogP contribution >= 0.6 is 11.6 Å². The van der Waals surface area contributed by atoms with Crippen molar-refractivity contribution < 1.29 is 0 Å². The Bertz CT molecular complexity index is 601. The maximum Gasteiger partial charge on any atom is 0.272 e. The molecule has 2 rings (SSSR count). The summed E-state index contributed by atoms with van der Waals surface area (Å²) in [4.78, 5) is 14.1. The molecule has 0 unspecified atom stereocenters. The van der Waals surface area contributed by atoms with Crippen LogP contribution in [0.15, 0.2) is 29.6 Å². The number of rotatable bonds is 1. The highest BCUT2D eigenvalue weighted by molar-refractivity contribution is 6.31. The fourth-order valence-electron chi connectivity index (χ4n) is 1.53. The first-order chi connectivity index (χ1) is 7.13. The summed E-state index contributed by atoms with van der Waals surface area (Å²) in [7, 11) is 0. The van der Waals surface area contributed by atoms with E-state index in [4.69, 9.17) is 17.3 Å². The molecule has 2 aromatic rings. The predicted octanol–water partition coefficient (Wildman–Crippen LogP) is 2.41. The third-order valence-corrected chi connectivity index (χ3v) is 2.49. The number of anilines is 1. The van der Waals surface area contributed by atoms with Crippen LogP contribution < -0.4 is 11.3 Å².